The van der Waals surface area contributed by atoms with Gasteiger partial charge in [0.05, 0.1) is 18.2 Å². The Morgan fingerprint density at radius 1 is 1.29 bits per heavy atom. The van der Waals surface area contributed by atoms with Crippen molar-refractivity contribution < 1.29 is 14.3 Å². The summed E-state index contributed by atoms with van der Waals surface area (Å²) in [7, 11) is 0. The Bertz CT molecular complexity index is 627. The molecule has 1 aromatic carbocycles. The number of ether oxygens (including phenoxy) is 1. The molecule has 2 aliphatic heterocycles. The summed E-state index contributed by atoms with van der Waals surface area (Å²) >= 11 is 0. The molecule has 3 amide bonds. The average molecular weight is 331 g/mol. The molecule has 1 aromatic rings. The normalized spacial score (nSPS) is 23.5. The highest BCUT2D eigenvalue weighted by molar-refractivity contribution is 5.96. The van der Waals surface area contributed by atoms with Crippen molar-refractivity contribution in [1.29, 1.82) is 0 Å². The Labute approximate surface area is 142 Å². The highest BCUT2D eigenvalue weighted by atomic mass is 16.5. The smallest absolute Gasteiger partial charge is 0.322 e. The third kappa shape index (κ3) is 3.70. The van der Waals surface area contributed by atoms with Crippen LogP contribution in [0.1, 0.15) is 33.6 Å². The van der Waals surface area contributed by atoms with Crippen LogP contribution >= 0.6 is 0 Å². The largest absolute Gasteiger partial charge is 0.369 e. The fourth-order valence-corrected chi connectivity index (χ4v) is 3.46. The molecule has 2 aliphatic rings. The molecule has 24 heavy (non-hydrogen) atoms. The van der Waals surface area contributed by atoms with Crippen molar-refractivity contribution in [2.45, 2.75) is 45.3 Å². The van der Waals surface area contributed by atoms with Gasteiger partial charge in [-0.3, -0.25) is 4.79 Å². The molecule has 130 valence electrons. The van der Waals surface area contributed by atoms with Crippen molar-refractivity contribution in [3.8, 4) is 0 Å². The zero-order valence-corrected chi connectivity index (χ0v) is 14.5. The van der Waals surface area contributed by atoms with Gasteiger partial charge in [0, 0.05) is 30.9 Å². The topological polar surface area (TPSA) is 61.9 Å². The zero-order chi connectivity index (χ0) is 17.3. The molecule has 2 saturated heterocycles. The molecule has 3 rings (SSSR count). The highest BCUT2D eigenvalue weighted by Gasteiger charge is 2.33. The number of hydrogen-bond donors (Lipinski definition) is 1. The summed E-state index contributed by atoms with van der Waals surface area (Å²) in [6.07, 6.45) is 1.54. The standard InChI is InChI=1S/C18H25N3O3/c1-13-11-20(12-18(2,3)24-13)17(23)19-14-6-8-15(9-7-14)21-10-4-5-16(21)22/h6-9,13H,4-5,10-12H2,1-3H3,(H,19,23). The number of hydrogen-bond acceptors (Lipinski definition) is 3. The van der Waals surface area contributed by atoms with E-state index in [-0.39, 0.29) is 23.6 Å². The lowest BCUT2D eigenvalue weighted by molar-refractivity contribution is -0.117. The molecule has 0 spiro atoms. The first kappa shape index (κ1) is 16.8. The molecule has 0 radical (unpaired) electrons. The Kier molecular flexibility index (Phi) is 4.49. The summed E-state index contributed by atoms with van der Waals surface area (Å²) < 4.78 is 5.83. The lowest BCUT2D eigenvalue weighted by Crippen LogP contribution is -2.54. The maximum absolute atomic E-state index is 12.5. The van der Waals surface area contributed by atoms with Crippen LogP contribution in [0.5, 0.6) is 0 Å². The van der Waals surface area contributed by atoms with Crippen molar-refractivity contribution >= 4 is 23.3 Å². The third-order valence-electron chi connectivity index (χ3n) is 4.36. The Hall–Kier alpha value is -2.08. The summed E-state index contributed by atoms with van der Waals surface area (Å²) in [6.45, 7) is 7.86. The number of carbonyl (C=O) groups excluding carboxylic acids is 2. The monoisotopic (exact) mass is 331 g/mol. The van der Waals surface area contributed by atoms with Gasteiger partial charge in [-0.2, -0.15) is 0 Å². The van der Waals surface area contributed by atoms with Crippen LogP contribution in [0, 0.1) is 0 Å². The van der Waals surface area contributed by atoms with Gasteiger partial charge >= 0.3 is 6.03 Å². The van der Waals surface area contributed by atoms with Gasteiger partial charge in [0.25, 0.3) is 0 Å². The van der Waals surface area contributed by atoms with Crippen molar-refractivity contribution in [2.24, 2.45) is 0 Å². The first-order chi connectivity index (χ1) is 11.3. The van der Waals surface area contributed by atoms with Gasteiger partial charge in [-0.15, -0.1) is 0 Å². The Balaban J connectivity index is 1.63. The minimum absolute atomic E-state index is 0.0167. The van der Waals surface area contributed by atoms with Crippen LogP contribution in [0.3, 0.4) is 0 Å². The average Bonchev–Trinajstić information content (AvgIpc) is 2.92. The molecule has 0 saturated carbocycles. The van der Waals surface area contributed by atoms with E-state index < -0.39 is 0 Å². The number of benzene rings is 1. The number of urea groups is 1. The second-order valence-corrected chi connectivity index (χ2v) is 7.19. The first-order valence-corrected chi connectivity index (χ1v) is 8.48. The van der Waals surface area contributed by atoms with Gasteiger partial charge < -0.3 is 19.9 Å². The number of carbonyl (C=O) groups is 2. The lowest BCUT2D eigenvalue weighted by Gasteiger charge is -2.41. The molecule has 6 heteroatoms. The van der Waals surface area contributed by atoms with E-state index in [2.05, 4.69) is 5.32 Å². The quantitative estimate of drug-likeness (QED) is 0.906. The van der Waals surface area contributed by atoms with Crippen molar-refractivity contribution in [3.63, 3.8) is 0 Å². The van der Waals surface area contributed by atoms with Crippen molar-refractivity contribution in [3.05, 3.63) is 24.3 Å². The van der Waals surface area contributed by atoms with Gasteiger partial charge in [-0.05, 0) is 51.5 Å². The number of nitrogens with one attached hydrogen (secondary N) is 1. The number of morpholine rings is 1. The van der Waals surface area contributed by atoms with E-state index in [1.807, 2.05) is 45.0 Å². The molecule has 0 aromatic heterocycles. The Morgan fingerprint density at radius 3 is 2.58 bits per heavy atom. The van der Waals surface area contributed by atoms with Gasteiger partial charge in [0.15, 0.2) is 0 Å². The zero-order valence-electron chi connectivity index (χ0n) is 14.5. The lowest BCUT2D eigenvalue weighted by atomic mass is 10.1. The number of anilines is 2. The third-order valence-corrected chi connectivity index (χ3v) is 4.36. The van der Waals surface area contributed by atoms with Crippen LogP contribution in [0.25, 0.3) is 0 Å². The number of nitrogens with zero attached hydrogens (tertiary/aromatic N) is 2. The predicted octanol–water partition coefficient (Wildman–Crippen LogP) is 2.84. The van der Waals surface area contributed by atoms with Crippen molar-refractivity contribution in [1.82, 2.24) is 4.90 Å². The molecular formula is C18H25N3O3. The molecule has 1 unspecified atom stereocenters. The summed E-state index contributed by atoms with van der Waals surface area (Å²) in [5.74, 6) is 0.163. The maximum Gasteiger partial charge on any atom is 0.322 e. The van der Waals surface area contributed by atoms with Gasteiger partial charge in [-0.25, -0.2) is 4.79 Å². The molecule has 0 bridgehead atoms. The van der Waals surface area contributed by atoms with E-state index in [0.717, 1.165) is 24.3 Å². The minimum atomic E-state index is -0.338. The van der Waals surface area contributed by atoms with E-state index in [0.29, 0.717) is 19.5 Å². The second kappa shape index (κ2) is 6.43. The van der Waals surface area contributed by atoms with Crippen LogP contribution in [0.2, 0.25) is 0 Å². The van der Waals surface area contributed by atoms with E-state index in [1.165, 1.54) is 0 Å². The van der Waals surface area contributed by atoms with Crippen LogP contribution in [-0.2, 0) is 9.53 Å². The SMILES string of the molecule is CC1CN(C(=O)Nc2ccc(N3CCCC3=O)cc2)CC(C)(C)O1. The summed E-state index contributed by atoms with van der Waals surface area (Å²) in [5, 5.41) is 2.93. The molecular weight excluding hydrogens is 306 g/mol. The van der Waals surface area contributed by atoms with Crippen LogP contribution in [0.4, 0.5) is 16.2 Å². The fourth-order valence-electron chi connectivity index (χ4n) is 3.46. The molecule has 0 aliphatic carbocycles. The molecule has 2 fully saturated rings. The molecule has 6 nitrogen and oxygen atoms in total. The fraction of sp³-hybridized carbons (Fsp3) is 0.556. The number of rotatable bonds is 2. The summed E-state index contributed by atoms with van der Waals surface area (Å²) in [6, 6.07) is 7.32. The highest BCUT2D eigenvalue weighted by Crippen LogP contribution is 2.24. The summed E-state index contributed by atoms with van der Waals surface area (Å²) in [5.41, 5.74) is 1.28. The van der Waals surface area contributed by atoms with Gasteiger partial charge in [0.2, 0.25) is 5.91 Å². The number of amides is 3. The minimum Gasteiger partial charge on any atom is -0.369 e. The van der Waals surface area contributed by atoms with E-state index in [1.54, 1.807) is 9.80 Å². The van der Waals surface area contributed by atoms with Crippen LogP contribution < -0.4 is 10.2 Å². The maximum atomic E-state index is 12.5. The summed E-state index contributed by atoms with van der Waals surface area (Å²) in [4.78, 5) is 27.8. The first-order valence-electron chi connectivity index (χ1n) is 8.48. The van der Waals surface area contributed by atoms with Crippen LogP contribution in [-0.4, -0.2) is 48.2 Å². The van der Waals surface area contributed by atoms with Gasteiger partial charge in [-0.1, -0.05) is 0 Å². The van der Waals surface area contributed by atoms with E-state index in [9.17, 15) is 9.59 Å². The molecule has 1 N–H and O–H groups in total. The molecule has 1 atom stereocenters. The van der Waals surface area contributed by atoms with E-state index >= 15 is 0 Å². The predicted molar refractivity (Wildman–Crippen MR) is 93.2 cm³/mol. The van der Waals surface area contributed by atoms with Crippen LogP contribution in [0.15, 0.2) is 24.3 Å². The van der Waals surface area contributed by atoms with Crippen molar-refractivity contribution in [2.75, 3.05) is 29.9 Å². The second-order valence-electron chi connectivity index (χ2n) is 7.19. The van der Waals surface area contributed by atoms with Gasteiger partial charge in [0.1, 0.15) is 0 Å². The Morgan fingerprint density at radius 2 is 2.00 bits per heavy atom. The molecule has 2 heterocycles. The van der Waals surface area contributed by atoms with E-state index in [4.69, 9.17) is 4.74 Å².